The van der Waals surface area contributed by atoms with Crippen LogP contribution < -0.4 is 37.1 Å². The first kappa shape index (κ1) is 53.5. The van der Waals surface area contributed by atoms with Crippen LogP contribution in [0.25, 0.3) is 22.4 Å². The summed E-state index contributed by atoms with van der Waals surface area (Å²) >= 11 is 0. The second-order valence-electron chi connectivity index (χ2n) is 17.9. The van der Waals surface area contributed by atoms with E-state index in [1.54, 1.807) is 20.8 Å². The molecular formula is C49H70N8O10. The van der Waals surface area contributed by atoms with E-state index in [2.05, 4.69) is 63.6 Å². The van der Waals surface area contributed by atoms with Crippen LogP contribution in [0.15, 0.2) is 77.8 Å². The highest BCUT2D eigenvalue weighted by molar-refractivity contribution is 6.05. The summed E-state index contributed by atoms with van der Waals surface area (Å²) in [5.41, 5.74) is 9.47. The quantitative estimate of drug-likeness (QED) is 0.0216. The molecule has 2 heterocycles. The SMILES string of the molecule is CC(C)(CCCCOc1cc(-c2ccccc2)cc(-c2ccccc2)n1)CN=C(N)C(CC(=O)NCCCOCCOCCOCCCNC(=O)CC1NC(=O)NC1=O)NC(=O)OC(C)(C)C. The fraction of sp³-hybridized carbons (Fsp3) is 0.531. The molecular weight excluding hydrogens is 861 g/mol. The number of alkyl carbamates (subject to hydrolysis) is 1. The lowest BCUT2D eigenvalue weighted by molar-refractivity contribution is -0.126. The van der Waals surface area contributed by atoms with E-state index in [9.17, 15) is 24.0 Å². The average Bonchev–Trinajstić information content (AvgIpc) is 3.61. The molecule has 0 bridgehead atoms. The van der Waals surface area contributed by atoms with E-state index in [4.69, 9.17) is 34.4 Å². The Labute approximate surface area is 394 Å². The zero-order chi connectivity index (χ0) is 48.5. The lowest BCUT2D eigenvalue weighted by Gasteiger charge is -2.25. The van der Waals surface area contributed by atoms with E-state index < -0.39 is 35.7 Å². The third-order valence-electron chi connectivity index (χ3n) is 10.2. The van der Waals surface area contributed by atoms with Crippen molar-refractivity contribution in [2.45, 2.75) is 97.2 Å². The maximum atomic E-state index is 13.0. The van der Waals surface area contributed by atoms with Crippen molar-refractivity contribution in [3.63, 3.8) is 0 Å². The van der Waals surface area contributed by atoms with Gasteiger partial charge in [-0.2, -0.15) is 0 Å². The number of nitrogens with one attached hydrogen (secondary N) is 5. The first-order chi connectivity index (χ1) is 32.1. The number of imide groups is 1. The molecule has 1 fully saturated rings. The van der Waals surface area contributed by atoms with E-state index in [0.29, 0.717) is 84.6 Å². The lowest BCUT2D eigenvalue weighted by Crippen LogP contribution is -2.49. The monoisotopic (exact) mass is 931 g/mol. The van der Waals surface area contributed by atoms with E-state index in [1.807, 2.05) is 54.6 Å². The molecule has 0 aliphatic carbocycles. The van der Waals surface area contributed by atoms with E-state index in [-0.39, 0.29) is 35.9 Å². The number of ether oxygens (including phenoxy) is 5. The summed E-state index contributed by atoms with van der Waals surface area (Å²) in [6.45, 7) is 13.4. The Kier molecular flexibility index (Phi) is 22.5. The van der Waals surface area contributed by atoms with Crippen molar-refractivity contribution in [2.24, 2.45) is 16.1 Å². The minimum absolute atomic E-state index is 0.118. The zero-order valence-corrected chi connectivity index (χ0v) is 39.7. The Morgan fingerprint density at radius 2 is 1.34 bits per heavy atom. The molecule has 366 valence electrons. The van der Waals surface area contributed by atoms with Crippen LogP contribution in [0.1, 0.15) is 79.6 Å². The molecule has 3 aromatic rings. The standard InChI is InChI=1S/C49H70N8O10/c1-48(2,3)67-47(62)56-39(32-41(58)51-21-14-23-63-26-28-65-29-27-64-24-15-22-52-42(59)33-40-45(60)57-46(61)55-40)44(50)53-34-49(4,5)20-12-13-25-66-43-31-37(35-16-8-6-9-17-35)30-38(54-43)36-18-10-7-11-19-36/h6-11,16-19,30-31,39-40H,12-15,20-29,32-34H2,1-5H3,(H2,50,53)(H,51,58)(H,52,59)(H,56,62)(H2,55,57,60,61). The number of hydrogen-bond donors (Lipinski definition) is 6. The highest BCUT2D eigenvalue weighted by Crippen LogP contribution is 2.29. The van der Waals surface area contributed by atoms with Gasteiger partial charge in [-0.3, -0.25) is 24.7 Å². The number of amides is 6. The van der Waals surface area contributed by atoms with Crippen molar-refractivity contribution in [1.29, 1.82) is 0 Å². The lowest BCUT2D eigenvalue weighted by atomic mass is 9.87. The van der Waals surface area contributed by atoms with Gasteiger partial charge in [0, 0.05) is 44.5 Å². The number of benzene rings is 2. The van der Waals surface area contributed by atoms with Crippen LogP contribution in [0.5, 0.6) is 5.88 Å². The molecule has 2 unspecified atom stereocenters. The normalized spacial score (nSPS) is 14.5. The molecule has 18 heteroatoms. The second kappa shape index (κ2) is 28.2. The highest BCUT2D eigenvalue weighted by atomic mass is 16.6. The van der Waals surface area contributed by atoms with Crippen molar-refractivity contribution in [3.8, 4) is 28.3 Å². The molecule has 0 saturated carbocycles. The predicted molar refractivity (Wildman–Crippen MR) is 255 cm³/mol. The molecule has 18 nitrogen and oxygen atoms in total. The molecule has 1 aliphatic heterocycles. The van der Waals surface area contributed by atoms with Crippen molar-refractivity contribution in [3.05, 3.63) is 72.8 Å². The van der Waals surface area contributed by atoms with Crippen molar-refractivity contribution < 1.29 is 47.7 Å². The number of rotatable bonds is 30. The van der Waals surface area contributed by atoms with Crippen LogP contribution in [0.3, 0.4) is 0 Å². The van der Waals surface area contributed by atoms with Crippen LogP contribution in [0.4, 0.5) is 9.59 Å². The molecule has 0 radical (unpaired) electrons. The van der Waals surface area contributed by atoms with Gasteiger partial charge in [-0.15, -0.1) is 0 Å². The van der Waals surface area contributed by atoms with Gasteiger partial charge in [-0.1, -0.05) is 74.5 Å². The number of carbonyl (C=O) groups excluding carboxylic acids is 5. The summed E-state index contributed by atoms with van der Waals surface area (Å²) in [6, 6.07) is 22.0. The summed E-state index contributed by atoms with van der Waals surface area (Å²) in [6.07, 6.45) is 2.73. The van der Waals surface area contributed by atoms with Crippen molar-refractivity contribution in [2.75, 3.05) is 65.9 Å². The Morgan fingerprint density at radius 3 is 1.94 bits per heavy atom. The van der Waals surface area contributed by atoms with Crippen LogP contribution in [0, 0.1) is 5.41 Å². The van der Waals surface area contributed by atoms with Gasteiger partial charge in [0.2, 0.25) is 17.7 Å². The second-order valence-corrected chi connectivity index (χ2v) is 17.9. The number of nitrogens with two attached hydrogens (primary N) is 1. The molecule has 2 aromatic carbocycles. The summed E-state index contributed by atoms with van der Waals surface area (Å²) in [5.74, 6) is -0.440. The number of amidine groups is 1. The molecule has 1 aliphatic rings. The predicted octanol–water partition coefficient (Wildman–Crippen LogP) is 5.29. The van der Waals surface area contributed by atoms with E-state index >= 15 is 0 Å². The Balaban J connectivity index is 1.10. The molecule has 0 spiro atoms. The number of nitrogens with zero attached hydrogens (tertiary/aromatic N) is 2. The number of carbonyl (C=O) groups is 5. The van der Waals surface area contributed by atoms with Gasteiger partial charge in [-0.25, -0.2) is 14.6 Å². The van der Waals surface area contributed by atoms with Crippen LogP contribution in [0.2, 0.25) is 0 Å². The minimum atomic E-state index is -0.874. The summed E-state index contributed by atoms with van der Waals surface area (Å²) in [4.78, 5) is 69.8. The summed E-state index contributed by atoms with van der Waals surface area (Å²) < 4.78 is 28.3. The first-order valence-electron chi connectivity index (χ1n) is 23.0. The van der Waals surface area contributed by atoms with Gasteiger partial charge in [0.15, 0.2) is 0 Å². The fourth-order valence-corrected chi connectivity index (χ4v) is 6.65. The summed E-state index contributed by atoms with van der Waals surface area (Å²) in [7, 11) is 0. The Hall–Kier alpha value is -6.11. The van der Waals surface area contributed by atoms with Crippen molar-refractivity contribution in [1.82, 2.24) is 31.6 Å². The maximum Gasteiger partial charge on any atom is 0.408 e. The van der Waals surface area contributed by atoms with Gasteiger partial charge in [-0.05, 0) is 75.5 Å². The maximum absolute atomic E-state index is 13.0. The van der Waals surface area contributed by atoms with Gasteiger partial charge in [0.05, 0.1) is 57.6 Å². The summed E-state index contributed by atoms with van der Waals surface area (Å²) in [5, 5.41) is 12.7. The zero-order valence-electron chi connectivity index (χ0n) is 39.7. The average molecular weight is 931 g/mol. The molecule has 1 aromatic heterocycles. The molecule has 6 amide bonds. The van der Waals surface area contributed by atoms with Gasteiger partial charge in [0.1, 0.15) is 17.5 Å². The van der Waals surface area contributed by atoms with E-state index in [1.165, 1.54) is 0 Å². The number of aliphatic imine (C=N–C) groups is 1. The van der Waals surface area contributed by atoms with E-state index in [0.717, 1.165) is 41.6 Å². The largest absolute Gasteiger partial charge is 0.478 e. The van der Waals surface area contributed by atoms with Gasteiger partial charge < -0.3 is 50.7 Å². The number of urea groups is 1. The first-order valence-corrected chi connectivity index (χ1v) is 23.0. The molecule has 7 N–H and O–H groups in total. The number of aromatic nitrogens is 1. The van der Waals surface area contributed by atoms with Gasteiger partial charge >= 0.3 is 12.1 Å². The molecule has 67 heavy (non-hydrogen) atoms. The minimum Gasteiger partial charge on any atom is -0.478 e. The third-order valence-corrected chi connectivity index (χ3v) is 10.2. The fourth-order valence-electron chi connectivity index (χ4n) is 6.65. The number of pyridine rings is 1. The smallest absolute Gasteiger partial charge is 0.408 e. The van der Waals surface area contributed by atoms with Crippen LogP contribution in [-0.2, 0) is 33.3 Å². The Morgan fingerprint density at radius 1 is 0.746 bits per heavy atom. The van der Waals surface area contributed by atoms with Crippen molar-refractivity contribution >= 4 is 35.7 Å². The topological polar surface area (TPSA) is 243 Å². The third kappa shape index (κ3) is 21.8. The van der Waals surface area contributed by atoms with Crippen LogP contribution >= 0.6 is 0 Å². The molecule has 4 rings (SSSR count). The highest BCUT2D eigenvalue weighted by Gasteiger charge is 2.31. The van der Waals surface area contributed by atoms with Gasteiger partial charge in [0.25, 0.3) is 5.91 Å². The molecule has 2 atom stereocenters. The Bertz CT molecular complexity index is 1990. The number of unbranched alkanes of at least 4 members (excludes halogenated alkanes) is 1. The van der Waals surface area contributed by atoms with Crippen LogP contribution in [-0.4, -0.2) is 124 Å². The number of hydrogen-bond acceptors (Lipinski definition) is 12. The molecule has 1 saturated heterocycles.